The molecule has 0 bridgehead atoms. The maximum Gasteiger partial charge on any atom is 0.428 e. The van der Waals surface area contributed by atoms with E-state index in [0.717, 1.165) is 5.56 Å². The van der Waals surface area contributed by atoms with Gasteiger partial charge >= 0.3 is 6.09 Å². The maximum absolute atomic E-state index is 13.0. The molecule has 146 valence electrons. The lowest BCUT2D eigenvalue weighted by Crippen LogP contribution is -2.44. The normalized spacial score (nSPS) is 16.0. The first-order valence-corrected chi connectivity index (χ1v) is 9.19. The number of nitrogens with one attached hydrogen (secondary N) is 1. The Balaban J connectivity index is 2.26. The number of nitrogens with zero attached hydrogens (tertiary/aromatic N) is 1. The lowest BCUT2D eigenvalue weighted by atomic mass is 9.85. The second-order valence-corrected chi connectivity index (χ2v) is 7.78. The number of ketones is 2. The number of ether oxygens (including phenoxy) is 1. The number of allylic oxidation sites excluding steroid dienone is 2. The van der Waals surface area contributed by atoms with E-state index in [0.29, 0.717) is 25.0 Å². The zero-order valence-corrected chi connectivity index (χ0v) is 16.7. The van der Waals surface area contributed by atoms with Crippen LogP contribution in [0.2, 0.25) is 0 Å². The van der Waals surface area contributed by atoms with Crippen LogP contribution in [0.25, 0.3) is 0 Å². The SMILES string of the molecule is CC(C(=O)C1=C(NN(C)C(=O)OC(C)(C)C)CCCC1=O)c1ccccc1. The summed E-state index contributed by atoms with van der Waals surface area (Å²) in [6.45, 7) is 7.12. The average Bonchev–Trinajstić information content (AvgIpc) is 2.60. The molecule has 0 saturated carbocycles. The van der Waals surface area contributed by atoms with E-state index in [9.17, 15) is 14.4 Å². The van der Waals surface area contributed by atoms with E-state index in [1.54, 1.807) is 27.7 Å². The van der Waals surface area contributed by atoms with Crippen molar-refractivity contribution in [3.05, 3.63) is 47.2 Å². The predicted octanol–water partition coefficient (Wildman–Crippen LogP) is 3.74. The molecule has 0 radical (unpaired) electrons. The topological polar surface area (TPSA) is 75.7 Å². The maximum atomic E-state index is 13.0. The second-order valence-electron chi connectivity index (χ2n) is 7.78. The Morgan fingerprint density at radius 1 is 1.15 bits per heavy atom. The molecule has 1 atom stereocenters. The highest BCUT2D eigenvalue weighted by atomic mass is 16.6. The zero-order chi connectivity index (χ0) is 20.2. The first kappa shape index (κ1) is 20.7. The fourth-order valence-electron chi connectivity index (χ4n) is 2.93. The molecule has 27 heavy (non-hydrogen) atoms. The van der Waals surface area contributed by atoms with Crippen LogP contribution < -0.4 is 5.43 Å². The molecule has 6 heteroatoms. The highest BCUT2D eigenvalue weighted by Gasteiger charge is 2.31. The molecule has 0 fully saturated rings. The van der Waals surface area contributed by atoms with E-state index in [2.05, 4.69) is 5.43 Å². The fourth-order valence-corrected chi connectivity index (χ4v) is 2.93. The highest BCUT2D eigenvalue weighted by Crippen LogP contribution is 2.27. The molecule has 1 aliphatic carbocycles. The number of hydrazine groups is 1. The van der Waals surface area contributed by atoms with Crippen LogP contribution in [-0.2, 0) is 14.3 Å². The van der Waals surface area contributed by atoms with Crippen molar-refractivity contribution in [3.8, 4) is 0 Å². The van der Waals surface area contributed by atoms with Crippen molar-refractivity contribution in [1.82, 2.24) is 10.4 Å². The standard InChI is InChI=1S/C21H28N2O4/c1-14(15-10-7-6-8-11-15)19(25)18-16(12-9-13-17(18)24)22-23(5)20(26)27-21(2,3)4/h6-8,10-11,14,22H,9,12-13H2,1-5H3. The van der Waals surface area contributed by atoms with Gasteiger partial charge in [-0.2, -0.15) is 0 Å². The number of hydrogen-bond acceptors (Lipinski definition) is 5. The molecule has 1 aliphatic rings. The van der Waals surface area contributed by atoms with Gasteiger partial charge in [-0.3, -0.25) is 15.0 Å². The summed E-state index contributed by atoms with van der Waals surface area (Å²) in [5.41, 5.74) is 3.77. The molecule has 0 aliphatic heterocycles. The third-order valence-electron chi connectivity index (χ3n) is 4.32. The van der Waals surface area contributed by atoms with E-state index in [1.165, 1.54) is 12.1 Å². The minimum Gasteiger partial charge on any atom is -0.442 e. The summed E-state index contributed by atoms with van der Waals surface area (Å²) in [5.74, 6) is -0.855. The third kappa shape index (κ3) is 5.42. The predicted molar refractivity (Wildman–Crippen MR) is 103 cm³/mol. The van der Waals surface area contributed by atoms with Gasteiger partial charge in [0, 0.05) is 25.1 Å². The first-order chi connectivity index (χ1) is 12.6. The lowest BCUT2D eigenvalue weighted by Gasteiger charge is -2.29. The van der Waals surface area contributed by atoms with E-state index in [4.69, 9.17) is 4.74 Å². The van der Waals surface area contributed by atoms with Crippen LogP contribution in [-0.4, -0.2) is 35.3 Å². The summed E-state index contributed by atoms with van der Waals surface area (Å²) in [6.07, 6.45) is 0.932. The Morgan fingerprint density at radius 3 is 2.37 bits per heavy atom. The summed E-state index contributed by atoms with van der Waals surface area (Å²) in [4.78, 5) is 37.7. The number of Topliss-reactive ketones (excluding diaryl/α,β-unsaturated/α-hetero) is 2. The highest BCUT2D eigenvalue weighted by molar-refractivity contribution is 6.22. The summed E-state index contributed by atoms with van der Waals surface area (Å²) in [5, 5.41) is 1.18. The number of rotatable bonds is 5. The molecule has 1 aromatic rings. The molecular formula is C21H28N2O4. The van der Waals surface area contributed by atoms with Gasteiger partial charge in [-0.15, -0.1) is 0 Å². The van der Waals surface area contributed by atoms with Gasteiger partial charge < -0.3 is 4.74 Å². The minimum absolute atomic E-state index is 0.160. The van der Waals surface area contributed by atoms with Crippen LogP contribution in [0.5, 0.6) is 0 Å². The van der Waals surface area contributed by atoms with Crippen molar-refractivity contribution < 1.29 is 19.1 Å². The molecular weight excluding hydrogens is 344 g/mol. The van der Waals surface area contributed by atoms with Crippen LogP contribution in [0.3, 0.4) is 0 Å². The van der Waals surface area contributed by atoms with Crippen LogP contribution in [0.15, 0.2) is 41.6 Å². The van der Waals surface area contributed by atoms with Crippen LogP contribution in [0, 0.1) is 0 Å². The van der Waals surface area contributed by atoms with Gasteiger partial charge in [-0.1, -0.05) is 37.3 Å². The lowest BCUT2D eigenvalue weighted by molar-refractivity contribution is -0.122. The quantitative estimate of drug-likeness (QED) is 0.629. The molecule has 0 aromatic heterocycles. The molecule has 1 amide bonds. The molecule has 6 nitrogen and oxygen atoms in total. The Hall–Kier alpha value is -2.63. The number of carbonyl (C=O) groups excluding carboxylic acids is 3. The first-order valence-electron chi connectivity index (χ1n) is 9.19. The molecule has 0 spiro atoms. The summed E-state index contributed by atoms with van der Waals surface area (Å²) >= 11 is 0. The molecule has 1 unspecified atom stereocenters. The third-order valence-corrected chi connectivity index (χ3v) is 4.32. The van der Waals surface area contributed by atoms with E-state index in [1.807, 2.05) is 30.3 Å². The number of hydrogen-bond donors (Lipinski definition) is 1. The summed E-state index contributed by atoms with van der Waals surface area (Å²) in [7, 11) is 1.52. The van der Waals surface area contributed by atoms with Gasteiger partial charge in [-0.05, 0) is 39.2 Å². The van der Waals surface area contributed by atoms with Crippen LogP contribution in [0.1, 0.15) is 58.4 Å². The van der Waals surface area contributed by atoms with Gasteiger partial charge in [0.05, 0.1) is 5.57 Å². The van der Waals surface area contributed by atoms with Gasteiger partial charge in [0.15, 0.2) is 11.6 Å². The van der Waals surface area contributed by atoms with Crippen molar-refractivity contribution in [2.45, 2.75) is 58.5 Å². The van der Waals surface area contributed by atoms with Crippen molar-refractivity contribution >= 4 is 17.7 Å². The largest absolute Gasteiger partial charge is 0.442 e. The van der Waals surface area contributed by atoms with E-state index in [-0.39, 0.29) is 17.1 Å². The van der Waals surface area contributed by atoms with E-state index < -0.39 is 17.6 Å². The number of amides is 1. The van der Waals surface area contributed by atoms with Gasteiger partial charge in [0.25, 0.3) is 0 Å². The second kappa shape index (κ2) is 8.37. The monoisotopic (exact) mass is 372 g/mol. The van der Waals surface area contributed by atoms with Gasteiger partial charge in [0.1, 0.15) is 5.60 Å². The summed E-state index contributed by atoms with van der Waals surface area (Å²) in [6, 6.07) is 9.36. The Kier molecular flexibility index (Phi) is 6.41. The molecule has 0 heterocycles. The van der Waals surface area contributed by atoms with Crippen molar-refractivity contribution in [2.75, 3.05) is 7.05 Å². The summed E-state index contributed by atoms with van der Waals surface area (Å²) < 4.78 is 5.31. The Morgan fingerprint density at radius 2 is 1.78 bits per heavy atom. The van der Waals surface area contributed by atoms with E-state index >= 15 is 0 Å². The molecule has 1 N–H and O–H groups in total. The van der Waals surface area contributed by atoms with Gasteiger partial charge in [-0.25, -0.2) is 9.80 Å². The smallest absolute Gasteiger partial charge is 0.428 e. The molecule has 0 saturated heterocycles. The van der Waals surface area contributed by atoms with Crippen LogP contribution >= 0.6 is 0 Å². The average molecular weight is 372 g/mol. The Labute approximate surface area is 160 Å². The number of carbonyl (C=O) groups is 3. The fraction of sp³-hybridized carbons (Fsp3) is 0.476. The van der Waals surface area contributed by atoms with Gasteiger partial charge in [0.2, 0.25) is 0 Å². The van der Waals surface area contributed by atoms with Crippen LogP contribution in [0.4, 0.5) is 4.79 Å². The zero-order valence-electron chi connectivity index (χ0n) is 16.7. The Bertz CT molecular complexity index is 747. The molecule has 1 aromatic carbocycles. The van der Waals surface area contributed by atoms with Crippen molar-refractivity contribution in [3.63, 3.8) is 0 Å². The van der Waals surface area contributed by atoms with Crippen molar-refractivity contribution in [2.24, 2.45) is 0 Å². The van der Waals surface area contributed by atoms with Crippen molar-refractivity contribution in [1.29, 1.82) is 0 Å². The molecule has 2 rings (SSSR count). The number of benzene rings is 1. The minimum atomic E-state index is -0.635.